The van der Waals surface area contributed by atoms with Gasteiger partial charge in [0, 0.05) is 37.7 Å². The monoisotopic (exact) mass is 862 g/mol. The van der Waals surface area contributed by atoms with Gasteiger partial charge in [-0.3, -0.25) is 19.2 Å². The number of aliphatic hydroxyl groups is 4. The van der Waals surface area contributed by atoms with Crippen molar-refractivity contribution in [3.63, 3.8) is 0 Å². The average Bonchev–Trinajstić information content (AvgIpc) is 3.18. The van der Waals surface area contributed by atoms with E-state index < -0.39 is 132 Å². The predicted octanol–water partition coefficient (Wildman–Crippen LogP) is 2.68. The first-order valence-corrected chi connectivity index (χ1v) is 21.5. The molecule has 0 radical (unpaired) electrons. The van der Waals surface area contributed by atoms with E-state index in [0.717, 1.165) is 0 Å². The van der Waals surface area contributed by atoms with Crippen LogP contribution in [0.3, 0.4) is 0 Å². The maximum Gasteiger partial charge on any atom is 0.311 e. The molecular weight excluding hydrogens is 786 g/mol. The van der Waals surface area contributed by atoms with Crippen LogP contribution in [0.25, 0.3) is 0 Å². The molecule has 3 aliphatic rings. The second kappa shape index (κ2) is 21.4. The number of aliphatic hydroxyl groups excluding tert-OH is 2. The Hall–Kier alpha value is -2.32. The fraction of sp³-hybridized carbons (Fsp3) is 0.907. The zero-order valence-corrected chi connectivity index (χ0v) is 38.2. The lowest BCUT2D eigenvalue weighted by Gasteiger charge is -2.49. The number of likely N-dealkylation sites (N-methyl/N-ethyl adjacent to an activating group) is 1. The lowest BCUT2D eigenvalue weighted by Crippen LogP contribution is -2.61. The summed E-state index contributed by atoms with van der Waals surface area (Å²) in [5.41, 5.74) is -5.05. The second-order valence-corrected chi connectivity index (χ2v) is 18.3. The molecule has 0 spiro atoms. The zero-order valence-electron chi connectivity index (χ0n) is 38.2. The summed E-state index contributed by atoms with van der Waals surface area (Å²) in [6.07, 6.45) is -10.7. The summed E-state index contributed by atoms with van der Waals surface area (Å²) in [6.45, 7) is 17.5. The molecule has 0 amide bonds. The van der Waals surface area contributed by atoms with Crippen LogP contribution < -0.4 is 0 Å². The van der Waals surface area contributed by atoms with Gasteiger partial charge in [0.25, 0.3) is 0 Å². The smallest absolute Gasteiger partial charge is 0.311 e. The molecule has 3 rings (SSSR count). The Morgan fingerprint density at radius 3 is 2.07 bits per heavy atom. The number of methoxy groups -OCH3 is 1. The number of carbonyl (C=O) groups is 4. The molecule has 0 aromatic rings. The van der Waals surface area contributed by atoms with Crippen molar-refractivity contribution in [1.82, 2.24) is 4.90 Å². The standard InChI is InChI=1S/C43H75NO16/c1-15-29-43(11,52)36(48)24(5)33(47)22(3)20-41(9,51)38(25(6)34(26(7)39(50)57-29)59-32-21-42(10,53-14)37(49)27(8)56-32)60-40-35(28(44(12)13)19-23(4)55-40)58-31(46)17-18-54-30(45)16-2/h22-29,32,34-38,40,48-49,51-52H,15-21H2,1-14H3. The number of Topliss-reactive ketones (excluding diaryl/α,β-unsaturated/α-hetero) is 1. The molecule has 18 atom stereocenters. The van der Waals surface area contributed by atoms with E-state index >= 15 is 0 Å². The minimum Gasteiger partial charge on any atom is -0.465 e. The fourth-order valence-electron chi connectivity index (χ4n) is 9.08. The molecule has 0 aliphatic carbocycles. The van der Waals surface area contributed by atoms with Crippen LogP contribution in [-0.4, -0.2) is 161 Å². The highest BCUT2D eigenvalue weighted by Crippen LogP contribution is 2.41. The molecule has 3 saturated heterocycles. The summed E-state index contributed by atoms with van der Waals surface area (Å²) >= 11 is 0. The molecule has 3 fully saturated rings. The first-order valence-electron chi connectivity index (χ1n) is 21.5. The van der Waals surface area contributed by atoms with Crippen LogP contribution in [0.15, 0.2) is 0 Å². The van der Waals surface area contributed by atoms with Gasteiger partial charge >= 0.3 is 17.9 Å². The number of hydrogen-bond donors (Lipinski definition) is 4. The summed E-state index contributed by atoms with van der Waals surface area (Å²) < 4.78 is 48.9. The Balaban J connectivity index is 2.21. The molecule has 348 valence electrons. The summed E-state index contributed by atoms with van der Waals surface area (Å²) in [4.78, 5) is 55.3. The lowest BCUT2D eigenvalue weighted by atomic mass is 9.74. The minimum absolute atomic E-state index is 0.0448. The fourth-order valence-corrected chi connectivity index (χ4v) is 9.08. The number of ketones is 1. The van der Waals surface area contributed by atoms with Gasteiger partial charge in [0.2, 0.25) is 0 Å². The SMILES string of the molecule is CCC(=O)OCCC(=O)OC1C(OC2C(C)C(OC3CC(C)(OC)C(O)C(C)O3)C(C)C(=O)OC(CC)C(C)(O)C(O)C(C)C(=O)C(C)CC2(C)O)OC(C)CC1N(C)C. The summed E-state index contributed by atoms with van der Waals surface area (Å²) in [6, 6.07) is -0.433. The van der Waals surface area contributed by atoms with Crippen LogP contribution in [0.5, 0.6) is 0 Å². The summed E-state index contributed by atoms with van der Waals surface area (Å²) in [7, 11) is 5.10. The molecule has 0 aromatic heterocycles. The second-order valence-electron chi connectivity index (χ2n) is 18.3. The van der Waals surface area contributed by atoms with Crippen molar-refractivity contribution in [2.45, 2.75) is 199 Å². The quantitative estimate of drug-likeness (QED) is 0.163. The van der Waals surface area contributed by atoms with Crippen LogP contribution in [0.2, 0.25) is 0 Å². The molecule has 18 unspecified atom stereocenters. The summed E-state index contributed by atoms with van der Waals surface area (Å²) in [5, 5.41) is 46.8. The molecular formula is C43H75NO16. The normalized spacial score (nSPS) is 43.8. The van der Waals surface area contributed by atoms with Gasteiger partial charge in [-0.15, -0.1) is 0 Å². The Morgan fingerprint density at radius 2 is 1.50 bits per heavy atom. The molecule has 3 heterocycles. The van der Waals surface area contributed by atoms with Gasteiger partial charge in [-0.05, 0) is 74.9 Å². The number of esters is 3. The van der Waals surface area contributed by atoms with E-state index in [1.165, 1.54) is 27.9 Å². The first-order chi connectivity index (χ1) is 27.8. The van der Waals surface area contributed by atoms with Crippen molar-refractivity contribution in [2.75, 3.05) is 27.8 Å². The molecule has 0 saturated carbocycles. The number of cyclic esters (lactones) is 1. The van der Waals surface area contributed by atoms with Crippen LogP contribution in [0, 0.1) is 23.7 Å². The molecule has 0 aromatic carbocycles. The third kappa shape index (κ3) is 12.2. The van der Waals surface area contributed by atoms with Gasteiger partial charge in [-0.25, -0.2) is 0 Å². The van der Waals surface area contributed by atoms with Gasteiger partial charge in [-0.1, -0.05) is 34.6 Å². The van der Waals surface area contributed by atoms with Gasteiger partial charge in [0.1, 0.15) is 30.2 Å². The van der Waals surface area contributed by atoms with Crippen LogP contribution in [0.4, 0.5) is 0 Å². The highest BCUT2D eigenvalue weighted by molar-refractivity contribution is 5.83. The average molecular weight is 862 g/mol. The van der Waals surface area contributed by atoms with E-state index in [2.05, 4.69) is 0 Å². The highest BCUT2D eigenvalue weighted by Gasteiger charge is 2.54. The van der Waals surface area contributed by atoms with E-state index in [4.69, 9.17) is 37.9 Å². The van der Waals surface area contributed by atoms with Crippen LogP contribution in [-0.2, 0) is 57.1 Å². The van der Waals surface area contributed by atoms with Gasteiger partial charge in [0.05, 0.1) is 60.1 Å². The number of rotatable bonds is 12. The number of carbonyl (C=O) groups excluding carboxylic acids is 4. The summed E-state index contributed by atoms with van der Waals surface area (Å²) in [5.74, 6) is -6.51. The van der Waals surface area contributed by atoms with Crippen LogP contribution in [0.1, 0.15) is 115 Å². The maximum absolute atomic E-state index is 14.3. The molecule has 3 aliphatic heterocycles. The van der Waals surface area contributed by atoms with Crippen molar-refractivity contribution in [3.8, 4) is 0 Å². The third-order valence-electron chi connectivity index (χ3n) is 12.9. The molecule has 17 heteroatoms. The van der Waals surface area contributed by atoms with Crippen molar-refractivity contribution in [1.29, 1.82) is 0 Å². The first kappa shape index (κ1) is 52.0. The van der Waals surface area contributed by atoms with Gasteiger partial charge in [-0.2, -0.15) is 0 Å². The molecule has 0 bridgehead atoms. The van der Waals surface area contributed by atoms with Crippen molar-refractivity contribution in [2.24, 2.45) is 23.7 Å². The highest BCUT2D eigenvalue weighted by atomic mass is 16.7. The number of nitrogens with zero attached hydrogens (tertiary/aromatic N) is 1. The van der Waals surface area contributed by atoms with E-state index in [-0.39, 0.29) is 38.7 Å². The van der Waals surface area contributed by atoms with Gasteiger partial charge in [0.15, 0.2) is 18.7 Å². The van der Waals surface area contributed by atoms with Crippen molar-refractivity contribution in [3.05, 3.63) is 0 Å². The predicted molar refractivity (Wildman–Crippen MR) is 216 cm³/mol. The third-order valence-corrected chi connectivity index (χ3v) is 12.9. The van der Waals surface area contributed by atoms with Gasteiger partial charge < -0.3 is 63.2 Å². The molecule has 17 nitrogen and oxygen atoms in total. The lowest BCUT2D eigenvalue weighted by molar-refractivity contribution is -0.319. The Kier molecular flexibility index (Phi) is 18.5. The Labute approximate surface area is 356 Å². The maximum atomic E-state index is 14.3. The Morgan fingerprint density at radius 1 is 0.867 bits per heavy atom. The zero-order chi connectivity index (χ0) is 45.7. The number of hydrogen-bond acceptors (Lipinski definition) is 17. The van der Waals surface area contributed by atoms with Crippen LogP contribution >= 0.6 is 0 Å². The van der Waals surface area contributed by atoms with E-state index in [1.54, 1.807) is 48.5 Å². The molecule has 60 heavy (non-hydrogen) atoms. The Bertz CT molecular complexity index is 1440. The van der Waals surface area contributed by atoms with E-state index in [0.29, 0.717) is 6.42 Å². The largest absolute Gasteiger partial charge is 0.465 e. The topological polar surface area (TPSA) is 226 Å². The van der Waals surface area contributed by atoms with Crippen molar-refractivity contribution < 1.29 is 77.5 Å². The van der Waals surface area contributed by atoms with E-state index in [1.807, 2.05) is 25.9 Å². The van der Waals surface area contributed by atoms with Crippen molar-refractivity contribution >= 4 is 23.7 Å². The minimum atomic E-state index is -2.04. The molecule has 4 N–H and O–H groups in total. The van der Waals surface area contributed by atoms with E-state index in [9.17, 15) is 39.6 Å². The number of ether oxygens (including phenoxy) is 8.